The van der Waals surface area contributed by atoms with Crippen LogP contribution in [0.1, 0.15) is 37.7 Å². The molecule has 0 amide bonds. The highest BCUT2D eigenvalue weighted by molar-refractivity contribution is 7.89. The Morgan fingerprint density at radius 2 is 1.74 bits per heavy atom. The quantitative estimate of drug-likeness (QED) is 0.349. The Morgan fingerprint density at radius 1 is 1.09 bits per heavy atom. The van der Waals surface area contributed by atoms with Crippen LogP contribution < -0.4 is 4.72 Å². The van der Waals surface area contributed by atoms with Gasteiger partial charge in [0, 0.05) is 24.3 Å². The van der Waals surface area contributed by atoms with Gasteiger partial charge in [0.05, 0.1) is 17.6 Å². The van der Waals surface area contributed by atoms with E-state index in [1.807, 2.05) is 12.2 Å². The summed E-state index contributed by atoms with van der Waals surface area (Å²) in [5.74, 6) is -1.74. The van der Waals surface area contributed by atoms with Crippen molar-refractivity contribution in [2.75, 3.05) is 13.2 Å². The summed E-state index contributed by atoms with van der Waals surface area (Å²) in [6, 6.07) is 11.1. The summed E-state index contributed by atoms with van der Waals surface area (Å²) in [7, 11) is -3.83. The SMILES string of the molecule is O=C(O)CCC/C=C\C[C@H]1[C@H](CNS(=O)(=O)c2ccc(F)cc2)C2CC1(c1ccc(F)cc1)CO2. The maximum absolute atomic E-state index is 13.6. The summed E-state index contributed by atoms with van der Waals surface area (Å²) in [6.45, 7) is 0.632. The van der Waals surface area contributed by atoms with Crippen molar-refractivity contribution in [1.82, 2.24) is 4.72 Å². The summed E-state index contributed by atoms with van der Waals surface area (Å²) < 4.78 is 61.2. The summed E-state index contributed by atoms with van der Waals surface area (Å²) in [4.78, 5) is 10.7. The van der Waals surface area contributed by atoms with Crippen LogP contribution in [0.25, 0.3) is 0 Å². The first-order chi connectivity index (χ1) is 16.7. The van der Waals surface area contributed by atoms with Gasteiger partial charge in [-0.2, -0.15) is 0 Å². The lowest BCUT2D eigenvalue weighted by atomic mass is 9.69. The van der Waals surface area contributed by atoms with Gasteiger partial charge in [0.2, 0.25) is 10.0 Å². The smallest absolute Gasteiger partial charge is 0.303 e. The van der Waals surface area contributed by atoms with E-state index in [0.29, 0.717) is 32.3 Å². The van der Waals surface area contributed by atoms with Crippen molar-refractivity contribution in [3.63, 3.8) is 0 Å². The zero-order valence-corrected chi connectivity index (χ0v) is 20.0. The number of hydrogen-bond acceptors (Lipinski definition) is 4. The molecule has 2 aromatic carbocycles. The number of unbranched alkanes of at least 4 members (excludes halogenated alkanes) is 1. The maximum Gasteiger partial charge on any atom is 0.303 e. The molecule has 1 saturated carbocycles. The van der Waals surface area contributed by atoms with Crippen molar-refractivity contribution in [3.8, 4) is 0 Å². The fourth-order valence-electron chi connectivity index (χ4n) is 5.44. The molecule has 2 bridgehead atoms. The zero-order valence-electron chi connectivity index (χ0n) is 19.2. The third-order valence-corrected chi connectivity index (χ3v) is 8.63. The standard InChI is InChI=1S/C26H29F2NO5S/c27-19-9-7-18(8-10-19)26-15-24(34-17-26)22(23(26)5-3-1-2-4-6-25(30)31)16-29-35(32,33)21-13-11-20(28)12-14-21/h1,3,7-14,22-24,29H,2,4-6,15-17H2,(H,30,31)/b3-1-/t22-,23-,24?,26?/m0/s1. The van der Waals surface area contributed by atoms with E-state index in [9.17, 15) is 22.0 Å². The average Bonchev–Trinajstić information content (AvgIpc) is 3.38. The number of carboxylic acids is 1. The van der Waals surface area contributed by atoms with E-state index >= 15 is 0 Å². The van der Waals surface area contributed by atoms with Gasteiger partial charge in [-0.1, -0.05) is 24.3 Å². The molecule has 1 saturated heterocycles. The van der Waals surface area contributed by atoms with Crippen LogP contribution in [0.5, 0.6) is 0 Å². The van der Waals surface area contributed by atoms with Crippen molar-refractivity contribution in [1.29, 1.82) is 0 Å². The molecule has 2 aliphatic rings. The topological polar surface area (TPSA) is 92.7 Å². The van der Waals surface area contributed by atoms with Crippen LogP contribution in [0, 0.1) is 23.5 Å². The van der Waals surface area contributed by atoms with Crippen LogP contribution in [0.3, 0.4) is 0 Å². The highest BCUT2D eigenvalue weighted by Gasteiger charge is 2.59. The van der Waals surface area contributed by atoms with E-state index in [0.717, 1.165) is 17.7 Å². The fraction of sp³-hybridized carbons (Fsp3) is 0.423. The summed E-state index contributed by atoms with van der Waals surface area (Å²) in [5.41, 5.74) is 0.602. The molecule has 1 aliphatic heterocycles. The van der Waals surface area contributed by atoms with Gasteiger partial charge in [0.25, 0.3) is 0 Å². The molecule has 1 heterocycles. The van der Waals surface area contributed by atoms with Crippen LogP contribution in [0.4, 0.5) is 8.78 Å². The minimum atomic E-state index is -3.83. The second kappa shape index (κ2) is 10.6. The number of allylic oxidation sites excluding steroid dienone is 2. The third kappa shape index (κ3) is 5.63. The fourth-order valence-corrected chi connectivity index (χ4v) is 6.51. The van der Waals surface area contributed by atoms with E-state index < -0.39 is 21.8 Å². The molecular formula is C26H29F2NO5S. The van der Waals surface area contributed by atoms with Gasteiger partial charge in [0.15, 0.2) is 0 Å². The third-order valence-electron chi connectivity index (χ3n) is 7.19. The summed E-state index contributed by atoms with van der Waals surface area (Å²) >= 11 is 0. The van der Waals surface area contributed by atoms with Gasteiger partial charge in [-0.05, 0) is 73.6 Å². The number of sulfonamides is 1. The van der Waals surface area contributed by atoms with Gasteiger partial charge in [-0.3, -0.25) is 4.79 Å². The van der Waals surface area contributed by atoms with Crippen molar-refractivity contribution in [2.45, 2.75) is 48.5 Å². The number of aliphatic carboxylic acids is 1. The van der Waals surface area contributed by atoms with Crippen LogP contribution in [-0.4, -0.2) is 38.7 Å². The molecule has 6 nitrogen and oxygen atoms in total. The van der Waals surface area contributed by atoms with Gasteiger partial charge < -0.3 is 9.84 Å². The van der Waals surface area contributed by atoms with Crippen molar-refractivity contribution in [2.24, 2.45) is 11.8 Å². The lowest BCUT2D eigenvalue weighted by Crippen LogP contribution is -2.44. The number of carbonyl (C=O) groups is 1. The highest BCUT2D eigenvalue weighted by atomic mass is 32.2. The van der Waals surface area contributed by atoms with E-state index in [2.05, 4.69) is 4.72 Å². The molecule has 188 valence electrons. The molecule has 0 spiro atoms. The number of nitrogens with one attached hydrogen (secondary N) is 1. The van der Waals surface area contributed by atoms with E-state index in [-0.39, 0.29) is 47.0 Å². The number of fused-ring (bicyclic) bond motifs is 2. The van der Waals surface area contributed by atoms with Gasteiger partial charge in [0.1, 0.15) is 11.6 Å². The summed E-state index contributed by atoms with van der Waals surface area (Å²) in [5, 5.41) is 8.81. The van der Waals surface area contributed by atoms with Crippen molar-refractivity contribution in [3.05, 3.63) is 77.9 Å². The monoisotopic (exact) mass is 505 g/mol. The lowest BCUT2D eigenvalue weighted by Gasteiger charge is -2.39. The molecule has 2 fully saturated rings. The molecule has 4 atom stereocenters. The molecule has 4 rings (SSSR count). The predicted octanol–water partition coefficient (Wildman–Crippen LogP) is 4.42. The molecule has 9 heteroatoms. The first-order valence-electron chi connectivity index (χ1n) is 11.7. The number of carboxylic acid groups (broad SMARTS) is 1. The number of halogens is 2. The Hall–Kier alpha value is -2.62. The minimum absolute atomic E-state index is 0.00824. The molecule has 0 radical (unpaired) electrons. The van der Waals surface area contributed by atoms with Crippen LogP contribution >= 0.6 is 0 Å². The minimum Gasteiger partial charge on any atom is -0.481 e. The molecule has 0 aromatic heterocycles. The van der Waals surface area contributed by atoms with Crippen LogP contribution in [-0.2, 0) is 25.0 Å². The number of benzene rings is 2. The average molecular weight is 506 g/mol. The largest absolute Gasteiger partial charge is 0.481 e. The second-order valence-electron chi connectivity index (χ2n) is 9.29. The van der Waals surface area contributed by atoms with E-state index in [4.69, 9.17) is 9.84 Å². The van der Waals surface area contributed by atoms with Gasteiger partial charge in [-0.15, -0.1) is 0 Å². The number of hydrogen-bond donors (Lipinski definition) is 2. The normalized spacial score (nSPS) is 25.9. The number of rotatable bonds is 11. The molecule has 2 unspecified atom stereocenters. The van der Waals surface area contributed by atoms with Crippen LogP contribution in [0.15, 0.2) is 65.6 Å². The Balaban J connectivity index is 1.53. The Bertz CT molecular complexity index is 1170. The van der Waals surface area contributed by atoms with Crippen molar-refractivity contribution < 1.29 is 31.8 Å². The first kappa shape index (κ1) is 25.5. The molecular weight excluding hydrogens is 476 g/mol. The number of ether oxygens (including phenoxy) is 1. The van der Waals surface area contributed by atoms with Gasteiger partial charge >= 0.3 is 5.97 Å². The first-order valence-corrected chi connectivity index (χ1v) is 13.2. The molecule has 1 aliphatic carbocycles. The maximum atomic E-state index is 13.6. The molecule has 2 aromatic rings. The Morgan fingerprint density at radius 3 is 2.40 bits per heavy atom. The lowest BCUT2D eigenvalue weighted by molar-refractivity contribution is -0.137. The zero-order chi connectivity index (χ0) is 25.1. The van der Waals surface area contributed by atoms with Crippen LogP contribution in [0.2, 0.25) is 0 Å². The molecule has 2 N–H and O–H groups in total. The highest BCUT2D eigenvalue weighted by Crippen LogP contribution is 2.56. The van der Waals surface area contributed by atoms with E-state index in [1.165, 1.54) is 24.3 Å². The Labute approximate surface area is 204 Å². The second-order valence-corrected chi connectivity index (χ2v) is 11.1. The molecule has 35 heavy (non-hydrogen) atoms. The predicted molar refractivity (Wildman–Crippen MR) is 126 cm³/mol. The van der Waals surface area contributed by atoms with Crippen molar-refractivity contribution >= 4 is 16.0 Å². The van der Waals surface area contributed by atoms with E-state index in [1.54, 1.807) is 12.1 Å². The van der Waals surface area contributed by atoms with Gasteiger partial charge in [-0.25, -0.2) is 21.9 Å². The Kier molecular flexibility index (Phi) is 7.68. The summed E-state index contributed by atoms with van der Waals surface area (Å²) in [6.07, 6.45) is 6.51.